The van der Waals surface area contributed by atoms with Crippen molar-refractivity contribution in [1.29, 1.82) is 0 Å². The van der Waals surface area contributed by atoms with E-state index in [4.69, 9.17) is 4.74 Å². The van der Waals surface area contributed by atoms with Crippen LogP contribution in [0.2, 0.25) is 0 Å². The fourth-order valence-corrected chi connectivity index (χ4v) is 4.34. The SMILES string of the molecule is C[C@@]12CCCc3ccccc3[C@@]13OC(=O)C[C@@H]23. The molecule has 0 unspecified atom stereocenters. The molecule has 0 bridgehead atoms. The lowest BCUT2D eigenvalue weighted by Gasteiger charge is -2.22. The Balaban J connectivity index is 1.94. The molecule has 1 heterocycles. The lowest BCUT2D eigenvalue weighted by Crippen LogP contribution is -2.21. The summed E-state index contributed by atoms with van der Waals surface area (Å²) in [5.41, 5.74) is 2.61. The van der Waals surface area contributed by atoms with Crippen LogP contribution in [0.25, 0.3) is 0 Å². The number of carbonyl (C=O) groups excluding carboxylic acids is 1. The molecule has 2 aliphatic carbocycles. The number of esters is 1. The van der Waals surface area contributed by atoms with Gasteiger partial charge in [0.05, 0.1) is 6.42 Å². The number of aryl methyl sites for hydroxylation is 1. The van der Waals surface area contributed by atoms with Gasteiger partial charge < -0.3 is 4.74 Å². The number of benzene rings is 1. The van der Waals surface area contributed by atoms with Crippen LogP contribution < -0.4 is 0 Å². The van der Waals surface area contributed by atoms with Crippen molar-refractivity contribution in [3.8, 4) is 0 Å². The molecular formula is C15H16O2. The molecule has 3 atom stereocenters. The van der Waals surface area contributed by atoms with Gasteiger partial charge in [0.15, 0.2) is 0 Å². The molecule has 1 saturated heterocycles. The fourth-order valence-electron chi connectivity index (χ4n) is 4.34. The normalized spacial score (nSPS) is 41.9. The van der Waals surface area contributed by atoms with E-state index in [1.165, 1.54) is 24.0 Å². The van der Waals surface area contributed by atoms with Gasteiger partial charge >= 0.3 is 5.97 Å². The van der Waals surface area contributed by atoms with E-state index >= 15 is 0 Å². The monoisotopic (exact) mass is 228 g/mol. The molecule has 88 valence electrons. The zero-order valence-electron chi connectivity index (χ0n) is 10.0. The highest BCUT2D eigenvalue weighted by Gasteiger charge is 2.81. The van der Waals surface area contributed by atoms with E-state index in [-0.39, 0.29) is 17.0 Å². The van der Waals surface area contributed by atoms with Crippen LogP contribution in [-0.2, 0) is 21.6 Å². The lowest BCUT2D eigenvalue weighted by atomic mass is 9.94. The molecule has 1 aromatic carbocycles. The maximum Gasteiger partial charge on any atom is 0.307 e. The summed E-state index contributed by atoms with van der Waals surface area (Å²) in [6, 6.07) is 8.52. The number of hydrogen-bond acceptors (Lipinski definition) is 2. The van der Waals surface area contributed by atoms with Gasteiger partial charge in [-0.25, -0.2) is 0 Å². The van der Waals surface area contributed by atoms with Crippen molar-refractivity contribution in [2.75, 3.05) is 0 Å². The first-order chi connectivity index (χ1) is 8.18. The molecule has 1 spiro atoms. The topological polar surface area (TPSA) is 26.3 Å². The Morgan fingerprint density at radius 3 is 3.06 bits per heavy atom. The van der Waals surface area contributed by atoms with Gasteiger partial charge in [0.2, 0.25) is 0 Å². The van der Waals surface area contributed by atoms with E-state index in [1.807, 2.05) is 0 Å². The molecule has 1 saturated carbocycles. The second-order valence-electron chi connectivity index (χ2n) is 5.89. The molecule has 2 heteroatoms. The van der Waals surface area contributed by atoms with Crippen molar-refractivity contribution in [3.05, 3.63) is 35.4 Å². The van der Waals surface area contributed by atoms with E-state index < -0.39 is 0 Å². The third kappa shape index (κ3) is 0.921. The Labute approximate surface area is 101 Å². The first-order valence-corrected chi connectivity index (χ1v) is 6.49. The minimum Gasteiger partial charge on any atom is -0.453 e. The lowest BCUT2D eigenvalue weighted by molar-refractivity contribution is -0.149. The van der Waals surface area contributed by atoms with Crippen molar-refractivity contribution in [3.63, 3.8) is 0 Å². The van der Waals surface area contributed by atoms with Crippen LogP contribution >= 0.6 is 0 Å². The molecule has 17 heavy (non-hydrogen) atoms. The van der Waals surface area contributed by atoms with Crippen LogP contribution in [0.3, 0.4) is 0 Å². The summed E-state index contributed by atoms with van der Waals surface area (Å²) < 4.78 is 5.80. The molecule has 1 aliphatic heterocycles. The van der Waals surface area contributed by atoms with Crippen molar-refractivity contribution in [2.24, 2.45) is 11.3 Å². The summed E-state index contributed by atoms with van der Waals surface area (Å²) in [4.78, 5) is 11.6. The van der Waals surface area contributed by atoms with Crippen LogP contribution in [0, 0.1) is 11.3 Å². The Kier molecular flexibility index (Phi) is 1.56. The first-order valence-electron chi connectivity index (χ1n) is 6.49. The molecular weight excluding hydrogens is 212 g/mol. The van der Waals surface area contributed by atoms with Crippen LogP contribution in [0.15, 0.2) is 24.3 Å². The zero-order valence-corrected chi connectivity index (χ0v) is 10.0. The molecule has 0 radical (unpaired) electrons. The van der Waals surface area contributed by atoms with Gasteiger partial charge in [-0.3, -0.25) is 4.79 Å². The largest absolute Gasteiger partial charge is 0.453 e. The zero-order chi connectivity index (χ0) is 11.7. The maximum atomic E-state index is 11.6. The molecule has 4 rings (SSSR count). The predicted molar refractivity (Wildman–Crippen MR) is 63.4 cm³/mol. The molecule has 1 aromatic rings. The molecule has 3 aliphatic rings. The molecule has 0 aromatic heterocycles. The smallest absolute Gasteiger partial charge is 0.307 e. The van der Waals surface area contributed by atoms with Crippen LogP contribution in [0.5, 0.6) is 0 Å². The summed E-state index contributed by atoms with van der Waals surface area (Å²) in [6.45, 7) is 2.30. The summed E-state index contributed by atoms with van der Waals surface area (Å²) in [7, 11) is 0. The van der Waals surface area contributed by atoms with Gasteiger partial charge in [-0.1, -0.05) is 31.2 Å². The van der Waals surface area contributed by atoms with E-state index in [2.05, 4.69) is 31.2 Å². The first kappa shape index (κ1) is 9.69. The average molecular weight is 228 g/mol. The predicted octanol–water partition coefficient (Wildman–Crippen LogP) is 2.80. The Morgan fingerprint density at radius 1 is 1.35 bits per heavy atom. The fraction of sp³-hybridized carbons (Fsp3) is 0.533. The molecule has 0 N–H and O–H groups in total. The standard InChI is InChI=1S/C15H16O2/c1-14-8-4-6-10-5-2-3-7-11(10)15(14)12(14)9-13(16)17-15/h2-3,5,7,12H,4,6,8-9H2,1H3/t12-,14-,15-/m0/s1. The second kappa shape index (κ2) is 2.74. The Morgan fingerprint density at radius 2 is 2.18 bits per heavy atom. The third-order valence-electron chi connectivity index (χ3n) is 5.23. The minimum absolute atomic E-state index is 0.0100. The second-order valence-corrected chi connectivity index (χ2v) is 5.89. The molecule has 0 amide bonds. The number of rotatable bonds is 0. The quantitative estimate of drug-likeness (QED) is 0.638. The van der Waals surface area contributed by atoms with Gasteiger partial charge in [0.1, 0.15) is 5.60 Å². The summed E-state index contributed by atoms with van der Waals surface area (Å²) >= 11 is 0. The van der Waals surface area contributed by atoms with Gasteiger partial charge in [0.25, 0.3) is 0 Å². The van der Waals surface area contributed by atoms with E-state index in [0.717, 1.165) is 6.42 Å². The summed E-state index contributed by atoms with van der Waals surface area (Å²) in [6.07, 6.45) is 4.13. The van der Waals surface area contributed by atoms with Crippen LogP contribution in [-0.4, -0.2) is 5.97 Å². The number of fused-ring (bicyclic) bond motifs is 2. The Hall–Kier alpha value is -1.31. The van der Waals surface area contributed by atoms with Gasteiger partial charge in [-0.05, 0) is 30.4 Å². The van der Waals surface area contributed by atoms with Crippen LogP contribution in [0.4, 0.5) is 0 Å². The number of carbonyl (C=O) groups is 1. The van der Waals surface area contributed by atoms with Gasteiger partial charge in [-0.15, -0.1) is 0 Å². The Bertz CT molecular complexity index is 521. The highest BCUT2D eigenvalue weighted by atomic mass is 16.6. The minimum atomic E-state index is -0.267. The van der Waals surface area contributed by atoms with E-state index in [1.54, 1.807) is 0 Å². The highest BCUT2D eigenvalue weighted by molar-refractivity contribution is 5.77. The number of ether oxygens (including phenoxy) is 1. The van der Waals surface area contributed by atoms with Crippen LogP contribution in [0.1, 0.15) is 37.3 Å². The molecule has 2 fully saturated rings. The average Bonchev–Trinajstić information content (AvgIpc) is 2.65. The van der Waals surface area contributed by atoms with E-state index in [0.29, 0.717) is 12.3 Å². The third-order valence-corrected chi connectivity index (χ3v) is 5.23. The molecule has 2 nitrogen and oxygen atoms in total. The summed E-state index contributed by atoms with van der Waals surface area (Å²) in [5, 5.41) is 0. The van der Waals surface area contributed by atoms with Crippen molar-refractivity contribution in [2.45, 2.75) is 38.2 Å². The van der Waals surface area contributed by atoms with E-state index in [9.17, 15) is 4.79 Å². The van der Waals surface area contributed by atoms with Gasteiger partial charge in [0, 0.05) is 11.3 Å². The number of hydrogen-bond donors (Lipinski definition) is 0. The highest BCUT2D eigenvalue weighted by Crippen LogP contribution is 2.77. The summed E-state index contributed by atoms with van der Waals surface area (Å²) in [5.74, 6) is 0.410. The van der Waals surface area contributed by atoms with Crippen molar-refractivity contribution < 1.29 is 9.53 Å². The van der Waals surface area contributed by atoms with Crippen molar-refractivity contribution in [1.82, 2.24) is 0 Å². The maximum absolute atomic E-state index is 11.6. The van der Waals surface area contributed by atoms with Crippen molar-refractivity contribution >= 4 is 5.97 Å². The van der Waals surface area contributed by atoms with Gasteiger partial charge in [-0.2, -0.15) is 0 Å².